The van der Waals surface area contributed by atoms with Crippen LogP contribution in [0.3, 0.4) is 0 Å². The van der Waals surface area contributed by atoms with E-state index in [4.69, 9.17) is 37.4 Å². The van der Waals surface area contributed by atoms with Gasteiger partial charge in [-0.1, -0.05) is 52.7 Å². The van der Waals surface area contributed by atoms with E-state index in [2.05, 4.69) is 10.1 Å². The molecule has 4 aromatic rings. The Morgan fingerprint density at radius 2 is 1.83 bits per heavy atom. The second-order valence-electron chi connectivity index (χ2n) is 11.1. The fraction of sp³-hybridized carbons (Fsp3) is 0.400. The molecule has 212 valence electrons. The molecule has 41 heavy (non-hydrogen) atoms. The molecule has 0 unspecified atom stereocenters. The van der Waals surface area contributed by atoms with Gasteiger partial charge in [0, 0.05) is 36.4 Å². The van der Waals surface area contributed by atoms with E-state index in [9.17, 15) is 14.7 Å². The number of carboxylic acids is 1. The number of benzene rings is 2. The number of carbonyl (C=O) groups excluding carboxylic acids is 1. The number of aromatic carboxylic acids is 1. The van der Waals surface area contributed by atoms with Gasteiger partial charge in [0.2, 0.25) is 0 Å². The number of esters is 1. The van der Waals surface area contributed by atoms with Gasteiger partial charge in [0.05, 0.1) is 25.8 Å². The molecule has 7 rings (SSSR count). The maximum absolute atomic E-state index is 13.7. The quantitative estimate of drug-likeness (QED) is 0.211. The predicted octanol–water partition coefficient (Wildman–Crippen LogP) is 7.75. The molecule has 2 saturated heterocycles. The number of carboxylic acid groups (broad SMARTS) is 1. The molecule has 11 heteroatoms. The van der Waals surface area contributed by atoms with E-state index in [1.807, 2.05) is 6.92 Å². The number of thiazole rings is 1. The molecule has 2 aromatic carbocycles. The maximum Gasteiger partial charge on any atom is 0.344 e. The third kappa shape index (κ3) is 4.68. The van der Waals surface area contributed by atoms with E-state index in [-0.39, 0.29) is 29.7 Å². The number of aryl methyl sites for hydroxylation is 1. The minimum absolute atomic E-state index is 0.145. The summed E-state index contributed by atoms with van der Waals surface area (Å²) in [5, 5.41) is 15.5. The molecular formula is C30H27Cl2N3O5S. The molecule has 1 N–H and O–H groups in total. The van der Waals surface area contributed by atoms with Crippen LogP contribution in [0, 0.1) is 0 Å². The highest BCUT2D eigenvalue weighted by atomic mass is 35.5. The van der Waals surface area contributed by atoms with Crippen LogP contribution in [-0.4, -0.2) is 45.4 Å². The average Bonchev–Trinajstić information content (AvgIpc) is 3.44. The second-order valence-corrected chi connectivity index (χ2v) is 12.9. The maximum atomic E-state index is 13.7. The minimum Gasteiger partial charge on any atom is -0.478 e. The molecule has 0 radical (unpaired) electrons. The van der Waals surface area contributed by atoms with Crippen molar-refractivity contribution in [3.63, 3.8) is 0 Å². The number of ether oxygens (including phenoxy) is 1. The van der Waals surface area contributed by atoms with Gasteiger partial charge in [0.15, 0.2) is 10.9 Å². The van der Waals surface area contributed by atoms with E-state index < -0.39 is 11.9 Å². The van der Waals surface area contributed by atoms with Crippen molar-refractivity contribution in [2.45, 2.75) is 76.0 Å². The lowest BCUT2D eigenvalue weighted by atomic mass is 9.99. The van der Waals surface area contributed by atoms with Crippen molar-refractivity contribution in [1.29, 1.82) is 0 Å². The number of nitrogens with zero attached hydrogens (tertiary/aromatic N) is 3. The van der Waals surface area contributed by atoms with Crippen molar-refractivity contribution < 1.29 is 24.0 Å². The Bertz CT molecular complexity index is 1660. The first-order chi connectivity index (χ1) is 19.8. The van der Waals surface area contributed by atoms with E-state index in [1.165, 1.54) is 11.3 Å². The van der Waals surface area contributed by atoms with Gasteiger partial charge in [-0.25, -0.2) is 14.6 Å². The fourth-order valence-corrected chi connectivity index (χ4v) is 8.13. The van der Waals surface area contributed by atoms with Crippen LogP contribution in [0.15, 0.2) is 34.9 Å². The molecule has 3 aliphatic rings. The number of piperidine rings is 1. The second kappa shape index (κ2) is 10.3. The summed E-state index contributed by atoms with van der Waals surface area (Å²) in [6.45, 7) is 2.01. The average molecular weight is 613 g/mol. The summed E-state index contributed by atoms with van der Waals surface area (Å²) in [5.41, 5.74) is 3.22. The lowest BCUT2D eigenvalue weighted by molar-refractivity contribution is 0.0202. The normalized spacial score (nSPS) is 21.9. The zero-order valence-corrected chi connectivity index (χ0v) is 24.6. The van der Waals surface area contributed by atoms with Crippen LogP contribution in [0.1, 0.15) is 83.4 Å². The fourth-order valence-electron chi connectivity index (χ4n) is 6.36. The molecule has 0 spiro atoms. The van der Waals surface area contributed by atoms with Gasteiger partial charge >= 0.3 is 11.9 Å². The van der Waals surface area contributed by atoms with Crippen LogP contribution in [0.5, 0.6) is 0 Å². The molecule has 8 nitrogen and oxygen atoms in total. The van der Waals surface area contributed by atoms with Crippen LogP contribution < -0.4 is 4.90 Å². The number of carbonyl (C=O) groups is 2. The third-order valence-electron chi connectivity index (χ3n) is 8.45. The Morgan fingerprint density at radius 1 is 1.12 bits per heavy atom. The number of anilines is 1. The summed E-state index contributed by atoms with van der Waals surface area (Å²) < 4.78 is 12.7. The molecule has 1 aliphatic carbocycles. The molecule has 1 saturated carbocycles. The van der Waals surface area contributed by atoms with E-state index in [0.29, 0.717) is 51.9 Å². The molecule has 3 fully saturated rings. The van der Waals surface area contributed by atoms with E-state index in [1.54, 1.807) is 30.3 Å². The summed E-state index contributed by atoms with van der Waals surface area (Å²) in [5.74, 6) is -0.697. The van der Waals surface area contributed by atoms with Gasteiger partial charge in [-0.3, -0.25) is 0 Å². The Balaban J connectivity index is 1.14. The van der Waals surface area contributed by atoms with Gasteiger partial charge < -0.3 is 19.3 Å². The van der Waals surface area contributed by atoms with Crippen molar-refractivity contribution in [2.24, 2.45) is 0 Å². The van der Waals surface area contributed by atoms with Gasteiger partial charge in [0.1, 0.15) is 17.4 Å². The number of hydrogen-bond acceptors (Lipinski definition) is 8. The lowest BCUT2D eigenvalue weighted by Crippen LogP contribution is -2.46. The largest absolute Gasteiger partial charge is 0.478 e. The van der Waals surface area contributed by atoms with Gasteiger partial charge in [0.25, 0.3) is 0 Å². The van der Waals surface area contributed by atoms with Crippen molar-refractivity contribution >= 4 is 61.8 Å². The molecule has 2 aliphatic heterocycles. The first kappa shape index (κ1) is 26.7. The number of fused-ring (bicyclic) bond motifs is 3. The number of aromatic nitrogens is 2. The Morgan fingerprint density at radius 3 is 2.46 bits per heavy atom. The van der Waals surface area contributed by atoms with Crippen molar-refractivity contribution in [3.8, 4) is 11.3 Å². The van der Waals surface area contributed by atoms with Crippen molar-refractivity contribution in [2.75, 3.05) is 4.90 Å². The molecular weight excluding hydrogens is 585 g/mol. The van der Waals surface area contributed by atoms with E-state index >= 15 is 0 Å². The minimum atomic E-state index is -0.933. The molecule has 0 amide bonds. The molecule has 2 aromatic heterocycles. The Labute approximate surface area is 250 Å². The summed E-state index contributed by atoms with van der Waals surface area (Å²) in [6, 6.07) is 8.97. The summed E-state index contributed by atoms with van der Waals surface area (Å²) in [7, 11) is 0. The molecule has 2 bridgehead atoms. The van der Waals surface area contributed by atoms with Crippen molar-refractivity contribution in [1.82, 2.24) is 10.1 Å². The highest BCUT2D eigenvalue weighted by Crippen LogP contribution is 2.47. The van der Waals surface area contributed by atoms with Crippen LogP contribution >= 0.6 is 34.5 Å². The standard InChI is InChI=1S/C30H27Cl2N3O5S/c1-2-14-10-16(28(36)37)11-22-25(14)33-30(41-22)35-17-8-9-18(35)13-19(12-17)39-29(38)24-26(34-40-27(24)15-6-7-15)23-20(31)4-3-5-21(23)32/h3-5,10-11,15,17-19H,2,6-9,12-13H2,1H3,(H,36,37)/t17-,18+,19+. The van der Waals surface area contributed by atoms with Gasteiger partial charge in [-0.2, -0.15) is 0 Å². The highest BCUT2D eigenvalue weighted by Gasteiger charge is 2.45. The number of rotatable bonds is 7. The topological polar surface area (TPSA) is 106 Å². The zero-order chi connectivity index (χ0) is 28.4. The number of halogens is 2. The van der Waals surface area contributed by atoms with Gasteiger partial charge in [-0.15, -0.1) is 0 Å². The monoisotopic (exact) mass is 611 g/mol. The summed E-state index contributed by atoms with van der Waals surface area (Å²) in [4.78, 5) is 32.7. The summed E-state index contributed by atoms with van der Waals surface area (Å²) >= 11 is 14.5. The van der Waals surface area contributed by atoms with Crippen LogP contribution in [0.4, 0.5) is 5.13 Å². The smallest absolute Gasteiger partial charge is 0.344 e. The van der Waals surface area contributed by atoms with Crippen LogP contribution in [-0.2, 0) is 11.2 Å². The SMILES string of the molecule is CCc1cc(C(=O)O)cc2sc(N3[C@@H]4CC[C@H]3C[C@@H](OC(=O)c3c(-c5c(Cl)cccc5Cl)noc3C3CC3)C4)nc12. The molecule has 3 atom stereocenters. The van der Waals surface area contributed by atoms with Crippen molar-refractivity contribution in [3.05, 3.63) is 62.8 Å². The Hall–Kier alpha value is -3.14. The molecule has 4 heterocycles. The third-order valence-corrected chi connectivity index (χ3v) is 10.1. The zero-order valence-electron chi connectivity index (χ0n) is 22.2. The predicted molar refractivity (Wildman–Crippen MR) is 158 cm³/mol. The number of hydrogen-bond donors (Lipinski definition) is 1. The first-order valence-electron chi connectivity index (χ1n) is 13.9. The van der Waals surface area contributed by atoms with Crippen LogP contribution in [0.2, 0.25) is 10.0 Å². The first-order valence-corrected chi connectivity index (χ1v) is 15.5. The van der Waals surface area contributed by atoms with Gasteiger partial charge in [-0.05, 0) is 61.9 Å². The lowest BCUT2D eigenvalue weighted by Gasteiger charge is -2.38. The van der Waals surface area contributed by atoms with E-state index in [0.717, 1.165) is 46.6 Å². The van der Waals surface area contributed by atoms with Crippen LogP contribution in [0.25, 0.3) is 21.5 Å². The summed E-state index contributed by atoms with van der Waals surface area (Å²) in [6.07, 6.45) is 5.66. The highest BCUT2D eigenvalue weighted by molar-refractivity contribution is 7.22. The Kier molecular flexibility index (Phi) is 6.71.